The van der Waals surface area contributed by atoms with Crippen LogP contribution in [0.4, 0.5) is 4.79 Å². The van der Waals surface area contributed by atoms with Crippen LogP contribution in [0.15, 0.2) is 5.38 Å². The molecule has 1 aliphatic carbocycles. The van der Waals surface area contributed by atoms with Crippen LogP contribution in [0.2, 0.25) is 0 Å². The second kappa shape index (κ2) is 7.40. The summed E-state index contributed by atoms with van der Waals surface area (Å²) in [4.78, 5) is 28.4. The van der Waals surface area contributed by atoms with E-state index in [-0.39, 0.29) is 11.7 Å². The second-order valence-electron chi connectivity index (χ2n) is 5.44. The van der Waals surface area contributed by atoms with Gasteiger partial charge < -0.3 is 15.3 Å². The second-order valence-corrected chi connectivity index (χ2v) is 6.39. The number of thiazole rings is 1. The summed E-state index contributed by atoms with van der Waals surface area (Å²) in [7, 11) is 1.82. The van der Waals surface area contributed by atoms with Gasteiger partial charge in [0.2, 0.25) is 0 Å². The van der Waals surface area contributed by atoms with Crippen LogP contribution in [-0.4, -0.2) is 47.1 Å². The molecule has 2 amide bonds. The van der Waals surface area contributed by atoms with E-state index in [4.69, 9.17) is 5.11 Å². The number of carbonyl (C=O) groups excluding carboxylic acids is 1. The predicted octanol–water partition coefficient (Wildman–Crippen LogP) is 2.22. The summed E-state index contributed by atoms with van der Waals surface area (Å²) in [6, 6.07) is -0.0723. The van der Waals surface area contributed by atoms with Gasteiger partial charge in [0.05, 0.1) is 5.01 Å². The summed E-state index contributed by atoms with van der Waals surface area (Å²) in [6.07, 6.45) is 5.54. The molecule has 0 aliphatic heterocycles. The zero-order chi connectivity index (χ0) is 15.2. The van der Waals surface area contributed by atoms with Gasteiger partial charge >= 0.3 is 12.0 Å². The third-order valence-electron chi connectivity index (χ3n) is 3.74. The Labute approximate surface area is 128 Å². The quantitative estimate of drug-likeness (QED) is 0.844. The molecular formula is C14H21N3O3S. The van der Waals surface area contributed by atoms with E-state index in [1.54, 1.807) is 4.90 Å². The van der Waals surface area contributed by atoms with Crippen molar-refractivity contribution in [2.45, 2.75) is 32.1 Å². The van der Waals surface area contributed by atoms with Gasteiger partial charge in [0.15, 0.2) is 5.69 Å². The fourth-order valence-corrected chi connectivity index (χ4v) is 3.37. The molecule has 0 atom stereocenters. The molecule has 0 radical (unpaired) electrons. The van der Waals surface area contributed by atoms with E-state index in [9.17, 15) is 9.59 Å². The van der Waals surface area contributed by atoms with Gasteiger partial charge in [0, 0.05) is 31.9 Å². The molecule has 1 heterocycles. The SMILES string of the molecule is CN(CC1CCCC1)C(=O)NCCc1nc(C(=O)O)cs1. The first-order valence-electron chi connectivity index (χ1n) is 7.23. The Bertz CT molecular complexity index is 497. The van der Waals surface area contributed by atoms with Crippen LogP contribution >= 0.6 is 11.3 Å². The summed E-state index contributed by atoms with van der Waals surface area (Å²) in [6.45, 7) is 1.28. The monoisotopic (exact) mass is 311 g/mol. The Morgan fingerprint density at radius 3 is 2.81 bits per heavy atom. The van der Waals surface area contributed by atoms with Crippen molar-refractivity contribution in [3.05, 3.63) is 16.1 Å². The van der Waals surface area contributed by atoms with Gasteiger partial charge in [-0.15, -0.1) is 11.3 Å². The maximum Gasteiger partial charge on any atom is 0.355 e. The molecule has 6 nitrogen and oxygen atoms in total. The van der Waals surface area contributed by atoms with Crippen LogP contribution in [0.1, 0.15) is 41.2 Å². The van der Waals surface area contributed by atoms with Crippen molar-refractivity contribution in [3.8, 4) is 0 Å². The van der Waals surface area contributed by atoms with Crippen molar-refractivity contribution < 1.29 is 14.7 Å². The number of carboxylic acid groups (broad SMARTS) is 1. The van der Waals surface area contributed by atoms with Crippen LogP contribution < -0.4 is 5.32 Å². The van der Waals surface area contributed by atoms with Gasteiger partial charge in [-0.25, -0.2) is 14.6 Å². The minimum atomic E-state index is -1.02. The molecule has 7 heteroatoms. The third kappa shape index (κ3) is 4.70. The minimum absolute atomic E-state index is 0.0691. The molecule has 0 unspecified atom stereocenters. The van der Waals surface area contributed by atoms with E-state index < -0.39 is 5.97 Å². The fraction of sp³-hybridized carbons (Fsp3) is 0.643. The zero-order valence-corrected chi connectivity index (χ0v) is 13.0. The van der Waals surface area contributed by atoms with Crippen molar-refractivity contribution in [1.29, 1.82) is 0 Å². The molecule has 1 aromatic rings. The van der Waals surface area contributed by atoms with Crippen molar-refractivity contribution in [2.75, 3.05) is 20.1 Å². The van der Waals surface area contributed by atoms with Crippen molar-refractivity contribution >= 4 is 23.3 Å². The molecule has 1 aliphatic rings. The highest BCUT2D eigenvalue weighted by molar-refractivity contribution is 7.09. The maximum atomic E-state index is 11.9. The smallest absolute Gasteiger partial charge is 0.355 e. The number of hydrogen-bond acceptors (Lipinski definition) is 4. The molecule has 1 aromatic heterocycles. The van der Waals surface area contributed by atoms with Gasteiger partial charge in [-0.3, -0.25) is 0 Å². The summed E-state index contributed by atoms with van der Waals surface area (Å²) in [5, 5.41) is 13.9. The average molecular weight is 311 g/mol. The first kappa shape index (κ1) is 15.8. The molecule has 1 fully saturated rings. The maximum absolute atomic E-state index is 11.9. The third-order valence-corrected chi connectivity index (χ3v) is 4.65. The molecule has 1 saturated carbocycles. The molecular weight excluding hydrogens is 290 g/mol. The van der Waals surface area contributed by atoms with E-state index in [1.165, 1.54) is 42.4 Å². The molecule has 0 spiro atoms. The highest BCUT2D eigenvalue weighted by Gasteiger charge is 2.19. The zero-order valence-electron chi connectivity index (χ0n) is 12.2. The van der Waals surface area contributed by atoms with Crippen molar-refractivity contribution in [3.63, 3.8) is 0 Å². The van der Waals surface area contributed by atoms with Crippen LogP contribution in [0, 0.1) is 5.92 Å². The lowest BCUT2D eigenvalue weighted by Gasteiger charge is -2.21. The summed E-state index contributed by atoms with van der Waals surface area (Å²) in [5.74, 6) is -0.379. The summed E-state index contributed by atoms with van der Waals surface area (Å²) < 4.78 is 0. The van der Waals surface area contributed by atoms with Crippen LogP contribution in [-0.2, 0) is 6.42 Å². The minimum Gasteiger partial charge on any atom is -0.476 e. The van der Waals surface area contributed by atoms with E-state index in [0.717, 1.165) is 11.6 Å². The first-order chi connectivity index (χ1) is 10.1. The number of carboxylic acids is 1. The number of amides is 2. The normalized spacial score (nSPS) is 15.1. The van der Waals surface area contributed by atoms with Gasteiger partial charge in [-0.2, -0.15) is 0 Å². The van der Waals surface area contributed by atoms with E-state index >= 15 is 0 Å². The van der Waals surface area contributed by atoms with Crippen LogP contribution in [0.5, 0.6) is 0 Å². The largest absolute Gasteiger partial charge is 0.476 e. The molecule has 116 valence electrons. The van der Waals surface area contributed by atoms with Crippen molar-refractivity contribution in [2.24, 2.45) is 5.92 Å². The van der Waals surface area contributed by atoms with Crippen LogP contribution in [0.3, 0.4) is 0 Å². The van der Waals surface area contributed by atoms with E-state index in [1.807, 2.05) is 7.05 Å². The van der Waals surface area contributed by atoms with E-state index in [0.29, 0.717) is 18.9 Å². The topological polar surface area (TPSA) is 82.5 Å². The van der Waals surface area contributed by atoms with Gasteiger partial charge in [0.1, 0.15) is 0 Å². The Morgan fingerprint density at radius 1 is 1.48 bits per heavy atom. The number of urea groups is 1. The lowest BCUT2D eigenvalue weighted by atomic mass is 10.1. The number of carbonyl (C=O) groups is 2. The Hall–Kier alpha value is -1.63. The first-order valence-corrected chi connectivity index (χ1v) is 8.11. The van der Waals surface area contributed by atoms with Crippen molar-refractivity contribution in [1.82, 2.24) is 15.2 Å². The molecule has 2 N–H and O–H groups in total. The molecule has 2 rings (SSSR count). The number of hydrogen-bond donors (Lipinski definition) is 2. The van der Waals surface area contributed by atoms with Gasteiger partial charge in [-0.05, 0) is 18.8 Å². The number of aromatic nitrogens is 1. The van der Waals surface area contributed by atoms with Gasteiger partial charge in [0.25, 0.3) is 0 Å². The Kier molecular flexibility index (Phi) is 5.55. The number of nitrogens with one attached hydrogen (secondary N) is 1. The Morgan fingerprint density at radius 2 is 2.19 bits per heavy atom. The number of nitrogens with zero attached hydrogens (tertiary/aromatic N) is 2. The molecule has 0 aromatic carbocycles. The number of rotatable bonds is 6. The molecule has 0 bridgehead atoms. The summed E-state index contributed by atoms with van der Waals surface area (Å²) >= 11 is 1.31. The Balaban J connectivity index is 1.69. The fourth-order valence-electron chi connectivity index (χ4n) is 2.60. The molecule has 0 saturated heterocycles. The molecule has 21 heavy (non-hydrogen) atoms. The average Bonchev–Trinajstić information content (AvgIpc) is 3.09. The van der Waals surface area contributed by atoms with Gasteiger partial charge in [-0.1, -0.05) is 12.8 Å². The number of aromatic carboxylic acids is 1. The van der Waals surface area contributed by atoms with Crippen LogP contribution in [0.25, 0.3) is 0 Å². The van der Waals surface area contributed by atoms with E-state index in [2.05, 4.69) is 10.3 Å². The lowest BCUT2D eigenvalue weighted by Crippen LogP contribution is -2.40. The predicted molar refractivity (Wildman–Crippen MR) is 80.8 cm³/mol. The lowest BCUT2D eigenvalue weighted by molar-refractivity contribution is 0.0691. The summed E-state index contributed by atoms with van der Waals surface area (Å²) in [5.41, 5.74) is 0.0691. The highest BCUT2D eigenvalue weighted by atomic mass is 32.1. The standard InChI is InChI=1S/C14H21N3O3S/c1-17(8-10-4-2-3-5-10)14(20)15-7-6-12-16-11(9-21-12)13(18)19/h9-10H,2-8H2,1H3,(H,15,20)(H,18,19). The highest BCUT2D eigenvalue weighted by Crippen LogP contribution is 2.25.